The topological polar surface area (TPSA) is 110 Å². The number of aromatic nitrogens is 4. The summed E-state index contributed by atoms with van der Waals surface area (Å²) in [5.74, 6) is 2.57. The average molecular weight is 525 g/mol. The van der Waals surface area contributed by atoms with Gasteiger partial charge in [0.25, 0.3) is 0 Å². The smallest absolute Gasteiger partial charge is 0.232 e. The predicted octanol–water partition coefficient (Wildman–Crippen LogP) is 6.83. The molecule has 0 fully saturated rings. The highest BCUT2D eigenvalue weighted by Gasteiger charge is 2.37. The van der Waals surface area contributed by atoms with Crippen LogP contribution in [-0.2, 0) is 0 Å². The van der Waals surface area contributed by atoms with Gasteiger partial charge in [-0.2, -0.15) is 0 Å². The number of hydrogen-bond donors (Lipinski definition) is 2. The number of nitrogens with one attached hydrogen (secondary N) is 2. The Hall–Kier alpha value is -5.76. The summed E-state index contributed by atoms with van der Waals surface area (Å²) in [5, 5.41) is 0. The number of H-pyrrole nitrogens is 2. The van der Waals surface area contributed by atoms with Crippen LogP contribution in [0.3, 0.4) is 0 Å². The van der Waals surface area contributed by atoms with E-state index in [1.54, 1.807) is 12.1 Å². The van der Waals surface area contributed by atoms with E-state index >= 15 is 0 Å². The zero-order valence-corrected chi connectivity index (χ0v) is 20.9. The maximum atomic E-state index is 13.4. The van der Waals surface area contributed by atoms with Crippen molar-refractivity contribution in [2.24, 2.45) is 0 Å². The number of aromatic amines is 2. The first-order valence-corrected chi connectivity index (χ1v) is 12.6. The van der Waals surface area contributed by atoms with Crippen LogP contribution in [0.5, 0.6) is 23.0 Å². The molecule has 0 saturated carbocycles. The molecular weight excluding hydrogens is 504 g/mol. The summed E-state index contributed by atoms with van der Waals surface area (Å²) < 4.78 is 11.8. The largest absolute Gasteiger partial charge is 0.457 e. The van der Waals surface area contributed by atoms with Gasteiger partial charge in [0.2, 0.25) is 11.6 Å². The van der Waals surface area contributed by atoms with E-state index in [0.29, 0.717) is 45.8 Å². The average Bonchev–Trinajstić information content (AvgIpc) is 3.64. The maximum absolute atomic E-state index is 13.4. The van der Waals surface area contributed by atoms with Crippen molar-refractivity contribution in [2.45, 2.75) is 0 Å². The van der Waals surface area contributed by atoms with Crippen molar-refractivity contribution in [3.8, 4) is 45.8 Å². The van der Waals surface area contributed by atoms with Gasteiger partial charge in [-0.25, -0.2) is 9.97 Å². The Kier molecular flexibility index (Phi) is 5.56. The van der Waals surface area contributed by atoms with E-state index in [1.165, 1.54) is 0 Å². The van der Waals surface area contributed by atoms with Gasteiger partial charge >= 0.3 is 0 Å². The van der Waals surface area contributed by atoms with Gasteiger partial charge < -0.3 is 19.4 Å². The zero-order valence-electron chi connectivity index (χ0n) is 20.9. The molecule has 7 rings (SSSR count). The molecule has 0 unspecified atom stereocenters. The molecule has 2 heterocycles. The van der Waals surface area contributed by atoms with Crippen LogP contribution in [0, 0.1) is 0 Å². The highest BCUT2D eigenvalue weighted by molar-refractivity contribution is 6.26. The summed E-state index contributed by atoms with van der Waals surface area (Å²) in [6, 6.07) is 33.4. The molecule has 8 nitrogen and oxygen atoms in total. The van der Waals surface area contributed by atoms with Crippen LogP contribution in [0.4, 0.5) is 0 Å². The Morgan fingerprint density at radius 3 is 1.30 bits per heavy atom. The summed E-state index contributed by atoms with van der Waals surface area (Å²) in [4.78, 5) is 41.9. The lowest BCUT2D eigenvalue weighted by atomic mass is 10.00. The maximum Gasteiger partial charge on any atom is 0.232 e. The molecule has 1 aliphatic rings. The second-order valence-electron chi connectivity index (χ2n) is 9.16. The van der Waals surface area contributed by atoms with Gasteiger partial charge in [-0.05, 0) is 48.5 Å². The number of fused-ring (bicyclic) bond motifs is 2. The third-order valence-corrected chi connectivity index (χ3v) is 6.46. The molecule has 192 valence electrons. The van der Waals surface area contributed by atoms with E-state index in [0.717, 1.165) is 0 Å². The normalized spacial score (nSPS) is 12.1. The number of ketones is 2. The SMILES string of the molecule is O=C1c2nc(-c3cccc(Oc4ccccc4)c3)[nH]c2C(=O)c2nc(-c3cccc(Oc4ccccc4)c3)[nH]c21. The molecule has 0 bridgehead atoms. The van der Waals surface area contributed by atoms with Crippen LogP contribution < -0.4 is 9.47 Å². The third kappa shape index (κ3) is 4.23. The first-order chi connectivity index (χ1) is 19.6. The molecule has 8 heteroatoms. The molecule has 0 saturated heterocycles. The number of carbonyl (C=O) groups excluding carboxylic acids is 2. The highest BCUT2D eigenvalue weighted by atomic mass is 16.5. The lowest BCUT2D eigenvalue weighted by Crippen LogP contribution is -2.20. The van der Waals surface area contributed by atoms with Crippen molar-refractivity contribution in [3.63, 3.8) is 0 Å². The molecule has 2 aromatic heterocycles. The molecule has 4 aromatic carbocycles. The molecular formula is C32H20N4O4. The molecule has 1 aliphatic carbocycles. The number of imidazole rings is 2. The molecule has 0 aliphatic heterocycles. The van der Waals surface area contributed by atoms with Gasteiger partial charge in [0, 0.05) is 11.1 Å². The number of rotatable bonds is 6. The highest BCUT2D eigenvalue weighted by Crippen LogP contribution is 2.32. The van der Waals surface area contributed by atoms with Gasteiger partial charge in [0.05, 0.1) is 0 Å². The number of nitrogens with zero attached hydrogens (tertiary/aromatic N) is 2. The summed E-state index contributed by atoms with van der Waals surface area (Å²) >= 11 is 0. The zero-order chi connectivity index (χ0) is 27.1. The standard InChI is InChI=1S/C32H20N4O4/c37-29-25-26(34-31(33-25)19-9-7-15-23(17-19)39-21-11-3-1-4-12-21)30(38)28-27(29)35-32(36-28)20-10-8-16-24(18-20)40-22-13-5-2-6-14-22/h1-18H,(H,33,34)(H,35,36). The monoisotopic (exact) mass is 524 g/mol. The second-order valence-corrected chi connectivity index (χ2v) is 9.16. The molecule has 0 amide bonds. The van der Waals surface area contributed by atoms with Gasteiger partial charge in [-0.3, -0.25) is 9.59 Å². The number of hydrogen-bond acceptors (Lipinski definition) is 6. The first-order valence-electron chi connectivity index (χ1n) is 12.6. The second kappa shape index (κ2) is 9.52. The fourth-order valence-electron chi connectivity index (χ4n) is 4.58. The van der Waals surface area contributed by atoms with Crippen molar-refractivity contribution in [1.82, 2.24) is 19.9 Å². The minimum atomic E-state index is -0.403. The minimum absolute atomic E-state index is 0.0539. The first kappa shape index (κ1) is 23.4. The number of ether oxygens (including phenoxy) is 2. The van der Waals surface area contributed by atoms with Crippen molar-refractivity contribution < 1.29 is 19.1 Å². The van der Waals surface area contributed by atoms with Crippen LogP contribution in [0.15, 0.2) is 109 Å². The lowest BCUT2D eigenvalue weighted by Gasteiger charge is -2.06. The van der Waals surface area contributed by atoms with E-state index in [1.807, 2.05) is 97.1 Å². The summed E-state index contributed by atoms with van der Waals surface area (Å²) in [5.41, 5.74) is 1.69. The van der Waals surface area contributed by atoms with Crippen molar-refractivity contribution in [3.05, 3.63) is 132 Å². The Labute approximate surface area is 228 Å². The van der Waals surface area contributed by atoms with E-state index in [4.69, 9.17) is 9.47 Å². The molecule has 40 heavy (non-hydrogen) atoms. The van der Waals surface area contributed by atoms with Crippen molar-refractivity contribution in [1.29, 1.82) is 0 Å². The Balaban J connectivity index is 1.17. The predicted molar refractivity (Wildman–Crippen MR) is 148 cm³/mol. The quantitative estimate of drug-likeness (QED) is 0.247. The van der Waals surface area contributed by atoms with Gasteiger partial charge in [0.15, 0.2) is 0 Å². The van der Waals surface area contributed by atoms with E-state index < -0.39 is 11.6 Å². The van der Waals surface area contributed by atoms with Crippen LogP contribution in [0.25, 0.3) is 22.8 Å². The van der Waals surface area contributed by atoms with Crippen molar-refractivity contribution >= 4 is 11.6 Å². The molecule has 6 aromatic rings. The molecule has 0 atom stereocenters. The third-order valence-electron chi connectivity index (χ3n) is 6.46. The fourth-order valence-corrected chi connectivity index (χ4v) is 4.58. The van der Waals surface area contributed by atoms with Gasteiger partial charge in [-0.15, -0.1) is 0 Å². The number of para-hydroxylation sites is 2. The van der Waals surface area contributed by atoms with Crippen molar-refractivity contribution in [2.75, 3.05) is 0 Å². The van der Waals surface area contributed by atoms with Crippen LogP contribution in [0.1, 0.15) is 32.4 Å². The number of carbonyl (C=O) groups is 2. The van der Waals surface area contributed by atoms with Crippen LogP contribution in [-0.4, -0.2) is 31.5 Å². The molecule has 2 N–H and O–H groups in total. The van der Waals surface area contributed by atoms with Gasteiger partial charge in [-0.1, -0.05) is 60.7 Å². The molecule has 0 spiro atoms. The van der Waals surface area contributed by atoms with Gasteiger partial charge in [0.1, 0.15) is 57.4 Å². The number of benzene rings is 4. The van der Waals surface area contributed by atoms with E-state index in [9.17, 15) is 9.59 Å². The molecule has 0 radical (unpaired) electrons. The fraction of sp³-hybridized carbons (Fsp3) is 0. The lowest BCUT2D eigenvalue weighted by molar-refractivity contribution is 0.0969. The Morgan fingerprint density at radius 1 is 0.475 bits per heavy atom. The van der Waals surface area contributed by atoms with Crippen LogP contribution >= 0.6 is 0 Å². The van der Waals surface area contributed by atoms with Crippen LogP contribution in [0.2, 0.25) is 0 Å². The Bertz CT molecular complexity index is 1700. The van der Waals surface area contributed by atoms with E-state index in [2.05, 4.69) is 19.9 Å². The summed E-state index contributed by atoms with van der Waals surface area (Å²) in [6.07, 6.45) is 0. The Morgan fingerprint density at radius 2 is 0.875 bits per heavy atom. The summed E-state index contributed by atoms with van der Waals surface area (Å²) in [7, 11) is 0. The van der Waals surface area contributed by atoms with E-state index in [-0.39, 0.29) is 22.8 Å². The minimum Gasteiger partial charge on any atom is -0.457 e. The summed E-state index contributed by atoms with van der Waals surface area (Å²) in [6.45, 7) is 0.